The fraction of sp³-hybridized carbons (Fsp3) is 0.357. The highest BCUT2D eigenvalue weighted by molar-refractivity contribution is 6.01. The van der Waals surface area contributed by atoms with Crippen molar-refractivity contribution in [2.24, 2.45) is 0 Å². The molecule has 0 saturated carbocycles. The first kappa shape index (κ1) is 13.4. The van der Waals surface area contributed by atoms with Crippen LogP contribution in [0.15, 0.2) is 24.3 Å². The van der Waals surface area contributed by atoms with E-state index in [2.05, 4.69) is 0 Å². The van der Waals surface area contributed by atoms with Crippen molar-refractivity contribution >= 4 is 23.5 Å². The molecule has 110 valence electrons. The standard InChI is InChI=1S/C14H14N2O5/c17-12-5-6-13(18)16(12)21-14(19)9-15-7-8-20-11-4-2-1-3-10(11)15/h1-4H,5-9H2. The van der Waals surface area contributed by atoms with E-state index in [9.17, 15) is 14.4 Å². The Morgan fingerprint density at radius 3 is 2.67 bits per heavy atom. The number of benzene rings is 1. The Labute approximate surface area is 121 Å². The number of anilines is 1. The molecule has 1 fully saturated rings. The SMILES string of the molecule is O=C(CN1CCOc2ccccc21)ON1C(=O)CCC1=O. The van der Waals surface area contributed by atoms with Crippen molar-refractivity contribution in [2.45, 2.75) is 12.8 Å². The molecule has 0 radical (unpaired) electrons. The van der Waals surface area contributed by atoms with E-state index in [1.807, 2.05) is 24.3 Å². The van der Waals surface area contributed by atoms with Crippen LogP contribution in [0.25, 0.3) is 0 Å². The van der Waals surface area contributed by atoms with Gasteiger partial charge in [0.1, 0.15) is 18.9 Å². The van der Waals surface area contributed by atoms with Gasteiger partial charge in [-0.1, -0.05) is 12.1 Å². The second kappa shape index (κ2) is 5.43. The number of carbonyl (C=O) groups is 3. The van der Waals surface area contributed by atoms with Crippen LogP contribution in [0.3, 0.4) is 0 Å². The fourth-order valence-electron chi connectivity index (χ4n) is 2.34. The fourth-order valence-corrected chi connectivity index (χ4v) is 2.34. The van der Waals surface area contributed by atoms with E-state index in [1.165, 1.54) is 0 Å². The van der Waals surface area contributed by atoms with Gasteiger partial charge in [-0.05, 0) is 12.1 Å². The Morgan fingerprint density at radius 1 is 1.19 bits per heavy atom. The van der Waals surface area contributed by atoms with Gasteiger partial charge in [-0.15, -0.1) is 5.06 Å². The summed E-state index contributed by atoms with van der Waals surface area (Å²) in [5.41, 5.74) is 0.791. The zero-order valence-corrected chi connectivity index (χ0v) is 11.3. The van der Waals surface area contributed by atoms with Gasteiger partial charge in [0.15, 0.2) is 0 Å². The predicted octanol–water partition coefficient (Wildman–Crippen LogP) is 0.493. The summed E-state index contributed by atoms with van der Waals surface area (Å²) in [4.78, 5) is 41.4. The third kappa shape index (κ3) is 2.67. The Balaban J connectivity index is 1.66. The minimum atomic E-state index is -0.643. The lowest BCUT2D eigenvalue weighted by atomic mass is 10.2. The smallest absolute Gasteiger partial charge is 0.352 e. The van der Waals surface area contributed by atoms with E-state index in [0.717, 1.165) is 5.69 Å². The number of hydroxylamine groups is 2. The summed E-state index contributed by atoms with van der Waals surface area (Å²) in [6.45, 7) is 0.956. The van der Waals surface area contributed by atoms with Crippen molar-refractivity contribution in [2.75, 3.05) is 24.6 Å². The van der Waals surface area contributed by atoms with Crippen LogP contribution in [0.5, 0.6) is 5.75 Å². The molecule has 1 aromatic rings. The minimum absolute atomic E-state index is 0.0442. The van der Waals surface area contributed by atoms with Crippen LogP contribution in [0.2, 0.25) is 0 Å². The van der Waals surface area contributed by atoms with E-state index < -0.39 is 17.8 Å². The summed E-state index contributed by atoms with van der Waals surface area (Å²) in [5.74, 6) is -0.897. The van der Waals surface area contributed by atoms with Crippen molar-refractivity contribution in [1.29, 1.82) is 0 Å². The molecule has 0 N–H and O–H groups in total. The third-order valence-corrected chi connectivity index (χ3v) is 3.34. The van der Waals surface area contributed by atoms with Gasteiger partial charge in [-0.2, -0.15) is 0 Å². The molecule has 7 nitrogen and oxygen atoms in total. The molecule has 0 unspecified atom stereocenters. The molecule has 21 heavy (non-hydrogen) atoms. The molecule has 7 heteroatoms. The first-order valence-electron chi connectivity index (χ1n) is 6.68. The van der Waals surface area contributed by atoms with Crippen LogP contribution in [0.4, 0.5) is 5.69 Å². The van der Waals surface area contributed by atoms with Gasteiger partial charge < -0.3 is 14.5 Å². The van der Waals surface area contributed by atoms with Gasteiger partial charge in [0.05, 0.1) is 12.2 Å². The normalized spacial score (nSPS) is 17.5. The summed E-state index contributed by atoms with van der Waals surface area (Å²) in [6, 6.07) is 7.36. The molecule has 2 heterocycles. The molecule has 0 aliphatic carbocycles. The molecular weight excluding hydrogens is 276 g/mol. The second-order valence-corrected chi connectivity index (χ2v) is 4.78. The maximum atomic E-state index is 11.9. The van der Waals surface area contributed by atoms with Gasteiger partial charge in [-0.25, -0.2) is 4.79 Å². The van der Waals surface area contributed by atoms with Gasteiger partial charge in [-0.3, -0.25) is 9.59 Å². The van der Waals surface area contributed by atoms with Crippen LogP contribution in [0, 0.1) is 0 Å². The summed E-state index contributed by atoms with van der Waals surface area (Å²) in [6.07, 6.45) is 0.180. The van der Waals surface area contributed by atoms with Crippen LogP contribution >= 0.6 is 0 Å². The highest BCUT2D eigenvalue weighted by Gasteiger charge is 2.33. The first-order valence-corrected chi connectivity index (χ1v) is 6.68. The van der Waals surface area contributed by atoms with Crippen molar-refractivity contribution in [1.82, 2.24) is 5.06 Å². The van der Waals surface area contributed by atoms with E-state index >= 15 is 0 Å². The molecule has 0 bridgehead atoms. The number of carbonyl (C=O) groups excluding carboxylic acids is 3. The Hall–Kier alpha value is -2.57. The van der Waals surface area contributed by atoms with E-state index in [-0.39, 0.29) is 19.4 Å². The first-order chi connectivity index (χ1) is 10.1. The van der Waals surface area contributed by atoms with Gasteiger partial charge >= 0.3 is 5.97 Å². The molecule has 2 aliphatic rings. The number of rotatable bonds is 3. The molecule has 3 rings (SSSR count). The lowest BCUT2D eigenvalue weighted by Crippen LogP contribution is -2.40. The number of amides is 2. The zero-order valence-electron chi connectivity index (χ0n) is 11.3. The van der Waals surface area contributed by atoms with Crippen molar-refractivity contribution < 1.29 is 24.0 Å². The quantitative estimate of drug-likeness (QED) is 0.754. The van der Waals surface area contributed by atoms with Crippen LogP contribution < -0.4 is 9.64 Å². The van der Waals surface area contributed by atoms with Gasteiger partial charge in [0.2, 0.25) is 0 Å². The van der Waals surface area contributed by atoms with E-state index in [0.29, 0.717) is 24.0 Å². The molecule has 0 atom stereocenters. The van der Waals surface area contributed by atoms with Crippen LogP contribution in [-0.2, 0) is 19.2 Å². The number of hydrogen-bond acceptors (Lipinski definition) is 6. The monoisotopic (exact) mass is 290 g/mol. The minimum Gasteiger partial charge on any atom is -0.490 e. The van der Waals surface area contributed by atoms with Crippen LogP contribution in [-0.4, -0.2) is 42.5 Å². The maximum absolute atomic E-state index is 11.9. The van der Waals surface area contributed by atoms with E-state index in [4.69, 9.17) is 9.57 Å². The third-order valence-electron chi connectivity index (χ3n) is 3.34. The maximum Gasteiger partial charge on any atom is 0.352 e. The molecule has 2 amide bonds. The summed E-state index contributed by atoms with van der Waals surface area (Å²) in [7, 11) is 0. The lowest BCUT2D eigenvalue weighted by molar-refractivity contribution is -0.196. The topological polar surface area (TPSA) is 76.2 Å². The molecule has 0 aromatic heterocycles. The highest BCUT2D eigenvalue weighted by atomic mass is 16.7. The lowest BCUT2D eigenvalue weighted by Gasteiger charge is -2.30. The number of para-hydroxylation sites is 2. The Morgan fingerprint density at radius 2 is 1.90 bits per heavy atom. The Bertz CT molecular complexity index is 585. The van der Waals surface area contributed by atoms with Crippen molar-refractivity contribution in [3.8, 4) is 5.75 Å². The Kier molecular flexibility index (Phi) is 3.47. The van der Waals surface area contributed by atoms with E-state index in [1.54, 1.807) is 4.90 Å². The second-order valence-electron chi connectivity index (χ2n) is 4.78. The number of imide groups is 1. The number of hydrogen-bond donors (Lipinski definition) is 0. The zero-order chi connectivity index (χ0) is 14.8. The molecular formula is C14H14N2O5. The molecule has 0 spiro atoms. The van der Waals surface area contributed by atoms with Crippen LogP contribution in [0.1, 0.15) is 12.8 Å². The highest BCUT2D eigenvalue weighted by Crippen LogP contribution is 2.30. The summed E-state index contributed by atoms with van der Waals surface area (Å²) < 4.78 is 5.49. The average molecular weight is 290 g/mol. The summed E-state index contributed by atoms with van der Waals surface area (Å²) >= 11 is 0. The van der Waals surface area contributed by atoms with Crippen molar-refractivity contribution in [3.05, 3.63) is 24.3 Å². The van der Waals surface area contributed by atoms with Crippen molar-refractivity contribution in [3.63, 3.8) is 0 Å². The van der Waals surface area contributed by atoms with Gasteiger partial charge in [0, 0.05) is 12.8 Å². The molecule has 1 aromatic carbocycles. The number of nitrogens with zero attached hydrogens (tertiary/aromatic N) is 2. The largest absolute Gasteiger partial charge is 0.490 e. The number of ether oxygens (including phenoxy) is 1. The molecule has 2 aliphatic heterocycles. The molecule has 1 saturated heterocycles. The van der Waals surface area contributed by atoms with Gasteiger partial charge in [0.25, 0.3) is 11.8 Å². The summed E-state index contributed by atoms with van der Waals surface area (Å²) in [5, 5.41) is 0.564. The predicted molar refractivity (Wildman–Crippen MR) is 71.3 cm³/mol. The average Bonchev–Trinajstić information content (AvgIpc) is 2.79. The number of fused-ring (bicyclic) bond motifs is 1.